The molecule has 10 nitrogen and oxygen atoms in total. The predicted molar refractivity (Wildman–Crippen MR) is 167 cm³/mol. The first-order valence-corrected chi connectivity index (χ1v) is 17.2. The standard InChI is InChI=1S/C33H36F2N6O4S/c1-20-7-10-22(15-23(20)18-39-19-24-5-2-3-14-40(24)33-28(46(39,44)45)6-4-13-36-33)26(16-29(42)43)25-11-12-27-31(30(25)32(34)35)37-38-41(27)17-21-8-9-21/h4,6-7,10-13,15,21,24,26,32H,2-3,5,8-9,14,16-19H2,1H3,(H,42,43)/t24-,26+/m1/s1. The number of piperidine rings is 1. The lowest BCUT2D eigenvalue weighted by molar-refractivity contribution is -0.137. The first-order valence-electron chi connectivity index (χ1n) is 15.8. The third kappa shape index (κ3) is 5.63. The van der Waals surface area contributed by atoms with Gasteiger partial charge in [0.1, 0.15) is 16.2 Å². The number of halogens is 2. The van der Waals surface area contributed by atoms with Crippen LogP contribution in [0.2, 0.25) is 0 Å². The minimum Gasteiger partial charge on any atom is -0.481 e. The molecular formula is C33H36F2N6O4S. The number of aryl methyl sites for hydroxylation is 1. The number of hydrogen-bond acceptors (Lipinski definition) is 7. The number of benzene rings is 2. The highest BCUT2D eigenvalue weighted by Crippen LogP contribution is 2.41. The number of nitrogens with zero attached hydrogens (tertiary/aromatic N) is 6. The minimum atomic E-state index is -3.92. The lowest BCUT2D eigenvalue weighted by atomic mass is 9.84. The Hall–Kier alpha value is -3.97. The van der Waals surface area contributed by atoms with Crippen LogP contribution >= 0.6 is 0 Å². The zero-order valence-corrected chi connectivity index (χ0v) is 26.3. The van der Waals surface area contributed by atoms with Crippen LogP contribution < -0.4 is 4.90 Å². The normalized spacial score (nSPS) is 20.3. The van der Waals surface area contributed by atoms with Crippen LogP contribution in [0.15, 0.2) is 53.6 Å². The molecule has 0 amide bonds. The second kappa shape index (κ2) is 12.0. The molecular weight excluding hydrogens is 614 g/mol. The fourth-order valence-corrected chi connectivity index (χ4v) is 8.63. The number of hydrogen-bond donors (Lipinski definition) is 1. The van der Waals surface area contributed by atoms with Gasteiger partial charge in [-0.1, -0.05) is 29.5 Å². The molecule has 1 saturated heterocycles. The van der Waals surface area contributed by atoms with Crippen LogP contribution in [0.25, 0.3) is 11.0 Å². The van der Waals surface area contributed by atoms with Crippen molar-refractivity contribution in [2.75, 3.05) is 18.0 Å². The van der Waals surface area contributed by atoms with E-state index in [0.29, 0.717) is 34.9 Å². The number of anilines is 1. The highest BCUT2D eigenvalue weighted by Gasteiger charge is 2.39. The molecule has 1 saturated carbocycles. The zero-order valence-electron chi connectivity index (χ0n) is 25.5. The number of alkyl halides is 2. The van der Waals surface area contributed by atoms with Crippen molar-refractivity contribution in [1.29, 1.82) is 0 Å². The largest absolute Gasteiger partial charge is 0.481 e. The van der Waals surface area contributed by atoms with Gasteiger partial charge in [-0.3, -0.25) is 4.79 Å². The highest BCUT2D eigenvalue weighted by atomic mass is 32.2. The molecule has 4 heterocycles. The van der Waals surface area contributed by atoms with E-state index in [4.69, 9.17) is 0 Å². The molecule has 13 heteroatoms. The molecule has 1 aliphatic carbocycles. The van der Waals surface area contributed by atoms with Gasteiger partial charge < -0.3 is 10.0 Å². The molecule has 2 fully saturated rings. The Morgan fingerprint density at radius 2 is 1.93 bits per heavy atom. The van der Waals surface area contributed by atoms with Gasteiger partial charge in [0, 0.05) is 44.3 Å². The summed E-state index contributed by atoms with van der Waals surface area (Å²) in [6, 6.07) is 11.8. The Morgan fingerprint density at radius 1 is 1.11 bits per heavy atom. The minimum absolute atomic E-state index is 0.0309. The molecule has 7 rings (SSSR count). The maximum Gasteiger partial charge on any atom is 0.304 e. The summed E-state index contributed by atoms with van der Waals surface area (Å²) in [6.07, 6.45) is 3.21. The van der Waals surface area contributed by atoms with E-state index in [1.165, 1.54) is 4.31 Å². The number of fused-ring (bicyclic) bond motifs is 4. The molecule has 1 N–H and O–H groups in total. The van der Waals surface area contributed by atoms with Crippen LogP contribution in [0.5, 0.6) is 0 Å². The highest BCUT2D eigenvalue weighted by molar-refractivity contribution is 7.89. The van der Waals surface area contributed by atoms with Crippen LogP contribution in [0.4, 0.5) is 14.6 Å². The van der Waals surface area contributed by atoms with Crippen molar-refractivity contribution in [2.45, 2.75) is 81.8 Å². The third-order valence-corrected chi connectivity index (χ3v) is 11.5. The van der Waals surface area contributed by atoms with Crippen LogP contribution in [-0.4, -0.2) is 62.9 Å². The van der Waals surface area contributed by atoms with Crippen molar-refractivity contribution in [3.63, 3.8) is 0 Å². The van der Waals surface area contributed by atoms with Gasteiger partial charge in [-0.2, -0.15) is 4.31 Å². The van der Waals surface area contributed by atoms with Gasteiger partial charge in [0.25, 0.3) is 6.43 Å². The molecule has 0 unspecified atom stereocenters. The second-order valence-electron chi connectivity index (χ2n) is 12.8. The quantitative estimate of drug-likeness (QED) is 0.247. The first-order chi connectivity index (χ1) is 22.1. The Kier molecular flexibility index (Phi) is 8.00. The number of aliphatic carboxylic acids is 1. The molecule has 0 bridgehead atoms. The van der Waals surface area contributed by atoms with Crippen LogP contribution in [0.3, 0.4) is 0 Å². The van der Waals surface area contributed by atoms with Crippen LogP contribution in [0, 0.1) is 12.8 Å². The molecule has 0 spiro atoms. The Labute approximate surface area is 266 Å². The van der Waals surface area contributed by atoms with Gasteiger partial charge >= 0.3 is 5.97 Å². The second-order valence-corrected chi connectivity index (χ2v) is 14.7. The van der Waals surface area contributed by atoms with Gasteiger partial charge in [-0.05, 0) is 85.4 Å². The number of aromatic nitrogens is 4. The average molecular weight is 651 g/mol. The summed E-state index contributed by atoms with van der Waals surface area (Å²) in [5.41, 5.74) is 2.46. The van der Waals surface area contributed by atoms with Gasteiger partial charge in [-0.25, -0.2) is 26.9 Å². The Morgan fingerprint density at radius 3 is 2.70 bits per heavy atom. The van der Waals surface area contributed by atoms with E-state index in [1.807, 2.05) is 6.92 Å². The Bertz CT molecular complexity index is 1910. The Balaban J connectivity index is 1.28. The molecule has 2 aliphatic heterocycles. The summed E-state index contributed by atoms with van der Waals surface area (Å²) in [5, 5.41) is 18.2. The molecule has 3 aliphatic rings. The van der Waals surface area contributed by atoms with Crippen molar-refractivity contribution >= 4 is 32.8 Å². The molecule has 2 aromatic carbocycles. The molecule has 2 atom stereocenters. The van der Waals surface area contributed by atoms with Crippen molar-refractivity contribution in [2.24, 2.45) is 5.92 Å². The molecule has 46 heavy (non-hydrogen) atoms. The summed E-state index contributed by atoms with van der Waals surface area (Å²) in [5.74, 6) is -1.12. The third-order valence-electron chi connectivity index (χ3n) is 9.67. The van der Waals surface area contributed by atoms with E-state index in [-0.39, 0.29) is 40.7 Å². The van der Waals surface area contributed by atoms with Crippen molar-refractivity contribution < 1.29 is 27.1 Å². The number of sulfonamides is 1. The topological polar surface area (TPSA) is 122 Å². The van der Waals surface area contributed by atoms with E-state index >= 15 is 0 Å². The van der Waals surface area contributed by atoms with Gasteiger partial charge in [0.05, 0.1) is 17.5 Å². The number of carbonyl (C=O) groups is 1. The van der Waals surface area contributed by atoms with Crippen molar-refractivity contribution in [3.05, 3.63) is 76.5 Å². The monoisotopic (exact) mass is 650 g/mol. The lowest BCUT2D eigenvalue weighted by Gasteiger charge is -2.36. The van der Waals surface area contributed by atoms with E-state index < -0.39 is 34.8 Å². The van der Waals surface area contributed by atoms with Gasteiger partial charge in [0.15, 0.2) is 0 Å². The average Bonchev–Trinajstić information content (AvgIpc) is 3.78. The first kappa shape index (κ1) is 30.7. The smallest absolute Gasteiger partial charge is 0.304 e. The molecule has 4 aromatic rings. The fourth-order valence-electron chi connectivity index (χ4n) is 7.03. The van der Waals surface area contributed by atoms with Crippen molar-refractivity contribution in [3.8, 4) is 0 Å². The van der Waals surface area contributed by atoms with E-state index in [9.17, 15) is 27.1 Å². The summed E-state index contributed by atoms with van der Waals surface area (Å²) in [7, 11) is -3.92. The summed E-state index contributed by atoms with van der Waals surface area (Å²) in [6.45, 7) is 3.54. The van der Waals surface area contributed by atoms with Gasteiger partial charge in [-0.15, -0.1) is 5.10 Å². The van der Waals surface area contributed by atoms with Crippen LogP contribution in [-0.2, 0) is 27.9 Å². The predicted octanol–water partition coefficient (Wildman–Crippen LogP) is 5.65. The summed E-state index contributed by atoms with van der Waals surface area (Å²) in [4.78, 5) is 18.9. The summed E-state index contributed by atoms with van der Waals surface area (Å²) >= 11 is 0. The molecule has 2 aromatic heterocycles. The zero-order chi connectivity index (χ0) is 32.2. The maximum absolute atomic E-state index is 14.8. The summed E-state index contributed by atoms with van der Waals surface area (Å²) < 4.78 is 60.8. The molecule has 242 valence electrons. The van der Waals surface area contributed by atoms with E-state index in [0.717, 1.165) is 44.2 Å². The number of carboxylic acids is 1. The number of pyridine rings is 1. The fraction of sp³-hybridized carbons (Fsp3) is 0.455. The van der Waals surface area contributed by atoms with E-state index in [1.54, 1.807) is 53.3 Å². The molecule has 0 radical (unpaired) electrons. The lowest BCUT2D eigenvalue weighted by Crippen LogP contribution is -2.45. The number of carboxylic acid groups (broad SMARTS) is 1. The van der Waals surface area contributed by atoms with Crippen molar-refractivity contribution in [1.82, 2.24) is 24.3 Å². The number of rotatable bonds is 9. The van der Waals surface area contributed by atoms with Crippen LogP contribution in [0.1, 0.15) is 78.7 Å². The van der Waals surface area contributed by atoms with Gasteiger partial charge in [0.2, 0.25) is 10.0 Å². The van der Waals surface area contributed by atoms with E-state index in [2.05, 4.69) is 20.2 Å². The SMILES string of the molecule is Cc1ccc([C@H](CC(=O)O)c2ccc3c(nnn3CC3CC3)c2C(F)F)cc1CN1C[C@H]2CCCCN2c2ncccc2S1(=O)=O. The maximum atomic E-state index is 14.8.